The summed E-state index contributed by atoms with van der Waals surface area (Å²) in [5.74, 6) is -1.80. The fraction of sp³-hybridized carbons (Fsp3) is 0.556. The largest absolute Gasteiger partial charge is 0.465 e. The maximum Gasteiger partial charge on any atom is 0.320 e. The van der Waals surface area contributed by atoms with E-state index in [1.165, 1.54) is 5.56 Å². The van der Waals surface area contributed by atoms with Crippen LogP contribution in [0, 0.1) is 5.92 Å². The lowest BCUT2D eigenvalue weighted by Crippen LogP contribution is -2.29. The summed E-state index contributed by atoms with van der Waals surface area (Å²) in [5, 5.41) is 0. The third-order valence-electron chi connectivity index (χ3n) is 3.47. The van der Waals surface area contributed by atoms with E-state index in [2.05, 4.69) is 17.0 Å². The molecule has 128 valence electrons. The van der Waals surface area contributed by atoms with Crippen LogP contribution >= 0.6 is 0 Å². The average molecular weight is 321 g/mol. The summed E-state index contributed by atoms with van der Waals surface area (Å²) in [5.41, 5.74) is 1.24. The molecule has 0 fully saturated rings. The highest BCUT2D eigenvalue weighted by Gasteiger charge is 2.28. The lowest BCUT2D eigenvalue weighted by molar-refractivity contribution is -0.162. The lowest BCUT2D eigenvalue weighted by atomic mass is 10.0. The van der Waals surface area contributed by atoms with Gasteiger partial charge in [-0.3, -0.25) is 9.59 Å². The highest BCUT2D eigenvalue weighted by atomic mass is 16.6. The number of benzene rings is 1. The molecule has 0 saturated heterocycles. The quantitative estimate of drug-likeness (QED) is 0.490. The monoisotopic (exact) mass is 321 g/mol. The molecule has 0 unspecified atom stereocenters. The van der Waals surface area contributed by atoms with Crippen LogP contribution in [0.5, 0.6) is 0 Å². The predicted molar refractivity (Wildman–Crippen MR) is 88.8 cm³/mol. The van der Waals surface area contributed by atoms with Crippen LogP contribution in [0.15, 0.2) is 30.3 Å². The van der Waals surface area contributed by atoms with Crippen molar-refractivity contribution in [2.24, 2.45) is 5.92 Å². The number of carbonyl (C=O) groups excluding carboxylic acids is 2. The lowest BCUT2D eigenvalue weighted by Gasteiger charge is -2.18. The van der Waals surface area contributed by atoms with Gasteiger partial charge in [0.1, 0.15) is 0 Å². The zero-order valence-corrected chi connectivity index (χ0v) is 14.3. The van der Waals surface area contributed by atoms with Crippen molar-refractivity contribution in [3.63, 3.8) is 0 Å². The van der Waals surface area contributed by atoms with Crippen LogP contribution in [0.2, 0.25) is 0 Å². The molecular weight excluding hydrogens is 294 g/mol. The second-order valence-corrected chi connectivity index (χ2v) is 5.42. The van der Waals surface area contributed by atoms with E-state index in [0.29, 0.717) is 6.42 Å². The standard InChI is InChI=1S/C18H27NO4/c1-4-22-17(20)16(18(21)23-5-2)12-9-13-19(3)14-15-10-7-6-8-11-15/h6-8,10-11,16H,4-5,9,12-14H2,1-3H3. The maximum atomic E-state index is 11.9. The van der Waals surface area contributed by atoms with Crippen molar-refractivity contribution in [2.45, 2.75) is 33.2 Å². The Morgan fingerprint density at radius 3 is 2.13 bits per heavy atom. The average Bonchev–Trinajstić information content (AvgIpc) is 2.52. The Balaban J connectivity index is 2.44. The Labute approximate surface area is 138 Å². The van der Waals surface area contributed by atoms with Crippen molar-refractivity contribution >= 4 is 11.9 Å². The molecule has 5 heteroatoms. The van der Waals surface area contributed by atoms with Gasteiger partial charge in [0.2, 0.25) is 0 Å². The molecule has 1 aromatic rings. The third-order valence-corrected chi connectivity index (χ3v) is 3.47. The minimum absolute atomic E-state index is 0.267. The molecule has 0 N–H and O–H groups in total. The fourth-order valence-electron chi connectivity index (χ4n) is 2.36. The molecule has 0 bridgehead atoms. The summed E-state index contributed by atoms with van der Waals surface area (Å²) in [6, 6.07) is 10.2. The zero-order valence-electron chi connectivity index (χ0n) is 14.3. The molecule has 23 heavy (non-hydrogen) atoms. The summed E-state index contributed by atoms with van der Waals surface area (Å²) in [6.45, 7) is 5.63. The van der Waals surface area contributed by atoms with Gasteiger partial charge < -0.3 is 14.4 Å². The highest BCUT2D eigenvalue weighted by molar-refractivity contribution is 5.94. The van der Waals surface area contributed by atoms with Crippen LogP contribution in [-0.4, -0.2) is 43.6 Å². The molecule has 0 aliphatic rings. The molecule has 5 nitrogen and oxygen atoms in total. The molecule has 0 amide bonds. The van der Waals surface area contributed by atoms with E-state index in [-0.39, 0.29) is 13.2 Å². The van der Waals surface area contributed by atoms with Crippen molar-refractivity contribution in [2.75, 3.05) is 26.8 Å². The van der Waals surface area contributed by atoms with Gasteiger partial charge in [-0.05, 0) is 45.8 Å². The van der Waals surface area contributed by atoms with Crippen LogP contribution < -0.4 is 0 Å². The molecule has 1 aromatic carbocycles. The van der Waals surface area contributed by atoms with E-state index in [9.17, 15) is 9.59 Å². The summed E-state index contributed by atoms with van der Waals surface area (Å²) in [4.78, 5) is 25.9. The molecule has 0 saturated carbocycles. The van der Waals surface area contributed by atoms with E-state index in [1.54, 1.807) is 13.8 Å². The number of hydrogen-bond acceptors (Lipinski definition) is 5. The van der Waals surface area contributed by atoms with E-state index >= 15 is 0 Å². The predicted octanol–water partition coefficient (Wildman–Crippen LogP) is 2.64. The first-order chi connectivity index (χ1) is 11.1. The summed E-state index contributed by atoms with van der Waals surface area (Å²) >= 11 is 0. The second-order valence-electron chi connectivity index (χ2n) is 5.42. The van der Waals surface area contributed by atoms with E-state index in [4.69, 9.17) is 9.47 Å². The summed E-state index contributed by atoms with van der Waals surface area (Å²) in [6.07, 6.45) is 1.17. The number of ether oxygens (including phenoxy) is 2. The molecular formula is C18H27NO4. The zero-order chi connectivity index (χ0) is 17.1. The van der Waals surface area contributed by atoms with Gasteiger partial charge in [-0.15, -0.1) is 0 Å². The van der Waals surface area contributed by atoms with Crippen LogP contribution in [0.25, 0.3) is 0 Å². The minimum Gasteiger partial charge on any atom is -0.465 e. The van der Waals surface area contributed by atoms with Gasteiger partial charge in [-0.1, -0.05) is 30.3 Å². The highest BCUT2D eigenvalue weighted by Crippen LogP contribution is 2.13. The SMILES string of the molecule is CCOC(=O)C(CCCN(C)Cc1ccccc1)C(=O)OCC. The molecule has 1 rings (SSSR count). The Hall–Kier alpha value is -1.88. The van der Waals surface area contributed by atoms with Crippen LogP contribution in [0.3, 0.4) is 0 Å². The van der Waals surface area contributed by atoms with Crippen molar-refractivity contribution in [1.82, 2.24) is 4.90 Å². The molecule has 0 aromatic heterocycles. The van der Waals surface area contributed by atoms with Gasteiger partial charge in [0.15, 0.2) is 5.92 Å². The first-order valence-corrected chi connectivity index (χ1v) is 8.14. The topological polar surface area (TPSA) is 55.8 Å². The smallest absolute Gasteiger partial charge is 0.320 e. The van der Waals surface area contributed by atoms with Crippen LogP contribution in [0.1, 0.15) is 32.3 Å². The van der Waals surface area contributed by atoms with Crippen molar-refractivity contribution in [3.8, 4) is 0 Å². The number of nitrogens with zero attached hydrogens (tertiary/aromatic N) is 1. The molecule has 0 atom stereocenters. The Morgan fingerprint density at radius 1 is 1.04 bits per heavy atom. The van der Waals surface area contributed by atoms with E-state index in [1.807, 2.05) is 25.2 Å². The van der Waals surface area contributed by atoms with E-state index in [0.717, 1.165) is 19.5 Å². The molecule has 0 aliphatic heterocycles. The Morgan fingerprint density at radius 2 is 1.61 bits per heavy atom. The van der Waals surface area contributed by atoms with Gasteiger partial charge >= 0.3 is 11.9 Å². The van der Waals surface area contributed by atoms with Gasteiger partial charge in [0, 0.05) is 6.54 Å². The van der Waals surface area contributed by atoms with Crippen molar-refractivity contribution in [3.05, 3.63) is 35.9 Å². The number of esters is 2. The van der Waals surface area contributed by atoms with E-state index < -0.39 is 17.9 Å². The molecule has 0 aliphatic carbocycles. The molecule has 0 radical (unpaired) electrons. The number of carbonyl (C=O) groups is 2. The van der Waals surface area contributed by atoms with Crippen molar-refractivity contribution in [1.29, 1.82) is 0 Å². The van der Waals surface area contributed by atoms with Gasteiger partial charge in [0.05, 0.1) is 13.2 Å². The third kappa shape index (κ3) is 7.28. The first-order valence-electron chi connectivity index (χ1n) is 8.14. The second kappa shape index (κ2) is 10.8. The summed E-state index contributed by atoms with van der Waals surface area (Å²) in [7, 11) is 2.02. The number of rotatable bonds is 10. The minimum atomic E-state index is -0.819. The van der Waals surface area contributed by atoms with Crippen LogP contribution in [-0.2, 0) is 25.6 Å². The Kier molecular flexibility index (Phi) is 8.98. The summed E-state index contributed by atoms with van der Waals surface area (Å²) < 4.78 is 9.94. The molecule has 0 spiro atoms. The number of hydrogen-bond donors (Lipinski definition) is 0. The Bertz CT molecular complexity index is 457. The normalized spacial score (nSPS) is 10.8. The van der Waals surface area contributed by atoms with Gasteiger partial charge in [-0.25, -0.2) is 0 Å². The van der Waals surface area contributed by atoms with Gasteiger partial charge in [-0.2, -0.15) is 0 Å². The maximum absolute atomic E-state index is 11.9. The van der Waals surface area contributed by atoms with Gasteiger partial charge in [0.25, 0.3) is 0 Å². The van der Waals surface area contributed by atoms with Crippen LogP contribution in [0.4, 0.5) is 0 Å². The molecule has 0 heterocycles. The van der Waals surface area contributed by atoms with Crippen molar-refractivity contribution < 1.29 is 19.1 Å². The first kappa shape index (κ1) is 19.2. The fourth-order valence-corrected chi connectivity index (χ4v) is 2.36.